The second-order valence-electron chi connectivity index (χ2n) is 2.17. The average Bonchev–Trinajstić information content (AvgIpc) is 2.48. The average molecular weight is 169 g/mol. The van der Waals surface area contributed by atoms with Crippen LogP contribution in [0.3, 0.4) is 0 Å². The van der Waals surface area contributed by atoms with Gasteiger partial charge in [-0.05, 0) is 25.1 Å². The van der Waals surface area contributed by atoms with Gasteiger partial charge in [0.2, 0.25) is 0 Å². The molecular formula is C8H11NOS. The zero-order valence-corrected chi connectivity index (χ0v) is 7.23. The zero-order valence-electron chi connectivity index (χ0n) is 6.33. The van der Waals surface area contributed by atoms with E-state index in [-0.39, 0.29) is 6.61 Å². The van der Waals surface area contributed by atoms with Gasteiger partial charge >= 0.3 is 0 Å². The molecule has 2 rings (SSSR count). The van der Waals surface area contributed by atoms with Crippen molar-refractivity contribution in [3.63, 3.8) is 0 Å². The van der Waals surface area contributed by atoms with Crippen molar-refractivity contribution in [3.8, 4) is 0 Å². The summed E-state index contributed by atoms with van der Waals surface area (Å²) in [5, 5.41) is 7.57. The number of fused-ring (bicyclic) bond motifs is 2. The maximum Gasteiger partial charge on any atom is 0.0521 e. The molecule has 0 amide bonds. The van der Waals surface area contributed by atoms with Crippen LogP contribution in [-0.4, -0.2) is 16.7 Å². The topological polar surface area (TPSA) is 36.0 Å². The van der Waals surface area contributed by atoms with Crippen LogP contribution >= 0.6 is 12.6 Å². The Morgan fingerprint density at radius 2 is 2.18 bits per heavy atom. The predicted octanol–water partition coefficient (Wildman–Crippen LogP) is 1.89. The van der Waals surface area contributed by atoms with Crippen LogP contribution < -0.4 is 0 Å². The number of hydrogen-bond acceptors (Lipinski definition) is 2. The lowest BCUT2D eigenvalue weighted by Crippen LogP contribution is -1.57. The van der Waals surface area contributed by atoms with Gasteiger partial charge in [0.1, 0.15) is 0 Å². The molecule has 0 fully saturated rings. The molecule has 2 aromatic rings. The minimum Gasteiger partial charge on any atom is -0.397 e. The number of benzene rings is 1. The second-order valence-corrected chi connectivity index (χ2v) is 2.65. The molecule has 0 atom stereocenters. The Morgan fingerprint density at radius 1 is 1.55 bits per heavy atom. The minimum atomic E-state index is 0.250. The molecule has 0 saturated carbocycles. The first-order valence-electron chi connectivity index (χ1n) is 3.48. The number of H-pyrrole nitrogens is 1. The van der Waals surface area contributed by atoms with Gasteiger partial charge in [-0.15, -0.1) is 12.6 Å². The Labute approximate surface area is 71.0 Å². The number of aromatic amines is 1. The summed E-state index contributed by atoms with van der Waals surface area (Å²) in [6.45, 7) is 1.93. The van der Waals surface area contributed by atoms with Crippen LogP contribution in [0.2, 0.25) is 0 Å². The highest BCUT2D eigenvalue weighted by atomic mass is 32.1. The molecule has 2 bridgehead atoms. The third-order valence-electron chi connectivity index (χ3n) is 1.28. The van der Waals surface area contributed by atoms with Gasteiger partial charge in [0.05, 0.1) is 5.52 Å². The molecule has 0 aromatic carbocycles. The van der Waals surface area contributed by atoms with Crippen LogP contribution in [0.5, 0.6) is 0 Å². The predicted molar refractivity (Wildman–Crippen MR) is 49.5 cm³/mol. The summed E-state index contributed by atoms with van der Waals surface area (Å²) < 4.78 is 0. The number of nitrogens with one attached hydrogen (secondary N) is 1. The van der Waals surface area contributed by atoms with E-state index >= 15 is 0 Å². The molecular weight excluding hydrogens is 158 g/mol. The Hall–Kier alpha value is -0.670. The summed E-state index contributed by atoms with van der Waals surface area (Å²) in [6.07, 6.45) is 0. The van der Waals surface area contributed by atoms with E-state index < -0.39 is 0 Å². The summed E-state index contributed by atoms with van der Waals surface area (Å²) in [6, 6.07) is 6.07. The maximum atomic E-state index is 7.57. The van der Waals surface area contributed by atoms with Gasteiger partial charge in [-0.2, -0.15) is 0 Å². The normalized spacial score (nSPS) is 9.73. The van der Waals surface area contributed by atoms with Crippen molar-refractivity contribution in [2.75, 3.05) is 6.61 Å². The van der Waals surface area contributed by atoms with Crippen LogP contribution in [0.25, 0.3) is 11.0 Å². The standard InChI is InChI=1S/C6H5NS.C2H6O/c8-6-3-4-1-2-5(6)7-4;1-2-3/h1-3,7-8H;3H,2H2,1H3. The molecule has 60 valence electrons. The number of aliphatic hydroxyl groups excluding tert-OH is 1. The third-order valence-corrected chi connectivity index (χ3v) is 1.65. The molecule has 0 radical (unpaired) electrons. The molecule has 0 aliphatic carbocycles. The first-order chi connectivity index (χ1) is 5.27. The molecule has 0 aliphatic rings. The van der Waals surface area contributed by atoms with Gasteiger partial charge < -0.3 is 10.1 Å². The molecule has 2 nitrogen and oxygen atoms in total. The van der Waals surface area contributed by atoms with Crippen LogP contribution in [-0.2, 0) is 0 Å². The first-order valence-corrected chi connectivity index (χ1v) is 3.93. The van der Waals surface area contributed by atoms with Gasteiger partial charge in [-0.3, -0.25) is 0 Å². The maximum absolute atomic E-state index is 7.57. The zero-order chi connectivity index (χ0) is 8.27. The molecule has 0 spiro atoms. The van der Waals surface area contributed by atoms with E-state index in [4.69, 9.17) is 5.11 Å². The fourth-order valence-corrected chi connectivity index (χ4v) is 1.14. The van der Waals surface area contributed by atoms with Crippen LogP contribution in [0.1, 0.15) is 6.92 Å². The van der Waals surface area contributed by atoms with Crippen molar-refractivity contribution in [2.45, 2.75) is 11.8 Å². The lowest BCUT2D eigenvalue weighted by molar-refractivity contribution is 0.318. The number of aliphatic hydroxyl groups is 1. The van der Waals surface area contributed by atoms with E-state index in [2.05, 4.69) is 17.6 Å². The van der Waals surface area contributed by atoms with Crippen molar-refractivity contribution in [1.82, 2.24) is 4.98 Å². The summed E-state index contributed by atoms with van der Waals surface area (Å²) >= 11 is 4.19. The number of hydrogen-bond donors (Lipinski definition) is 3. The van der Waals surface area contributed by atoms with E-state index in [1.807, 2.05) is 18.2 Å². The van der Waals surface area contributed by atoms with Crippen molar-refractivity contribution < 1.29 is 5.11 Å². The van der Waals surface area contributed by atoms with Crippen LogP contribution in [0, 0.1) is 0 Å². The Morgan fingerprint density at radius 3 is 2.36 bits per heavy atom. The molecule has 2 aromatic heterocycles. The molecule has 11 heavy (non-hydrogen) atoms. The van der Waals surface area contributed by atoms with E-state index in [0.29, 0.717) is 0 Å². The Bertz CT molecular complexity index is 304. The van der Waals surface area contributed by atoms with Gasteiger partial charge in [-0.1, -0.05) is 0 Å². The summed E-state index contributed by atoms with van der Waals surface area (Å²) in [5.74, 6) is 0. The van der Waals surface area contributed by atoms with Crippen molar-refractivity contribution in [1.29, 1.82) is 0 Å². The van der Waals surface area contributed by atoms with Gasteiger partial charge in [0.25, 0.3) is 0 Å². The van der Waals surface area contributed by atoms with Crippen molar-refractivity contribution in [2.24, 2.45) is 0 Å². The van der Waals surface area contributed by atoms with E-state index in [9.17, 15) is 0 Å². The second kappa shape index (κ2) is 3.64. The fourth-order valence-electron chi connectivity index (χ4n) is 0.871. The molecule has 0 aliphatic heterocycles. The smallest absolute Gasteiger partial charge is 0.0521 e. The van der Waals surface area contributed by atoms with Gasteiger partial charge in [-0.25, -0.2) is 0 Å². The quantitative estimate of drug-likeness (QED) is 0.517. The highest BCUT2D eigenvalue weighted by Crippen LogP contribution is 2.19. The monoisotopic (exact) mass is 169 g/mol. The summed E-state index contributed by atoms with van der Waals surface area (Å²) in [5.41, 5.74) is 2.29. The number of thiol groups is 1. The molecule has 2 heterocycles. The van der Waals surface area contributed by atoms with Crippen LogP contribution in [0.4, 0.5) is 0 Å². The van der Waals surface area contributed by atoms with Gasteiger partial charge in [0, 0.05) is 17.0 Å². The first kappa shape index (κ1) is 8.43. The molecule has 3 heteroatoms. The number of aromatic nitrogens is 1. The van der Waals surface area contributed by atoms with E-state index in [0.717, 1.165) is 15.9 Å². The summed E-state index contributed by atoms with van der Waals surface area (Å²) in [7, 11) is 0. The SMILES string of the molecule is CCO.Sc1cc2ccc1[nH]2. The van der Waals surface area contributed by atoms with E-state index in [1.54, 1.807) is 6.92 Å². The van der Waals surface area contributed by atoms with Crippen molar-refractivity contribution in [3.05, 3.63) is 18.2 Å². The Balaban J connectivity index is 0.000000179. The van der Waals surface area contributed by atoms with Crippen LogP contribution in [0.15, 0.2) is 23.1 Å². The lowest BCUT2D eigenvalue weighted by atomic mass is 10.4. The molecule has 0 unspecified atom stereocenters. The largest absolute Gasteiger partial charge is 0.397 e. The minimum absolute atomic E-state index is 0.250. The fraction of sp³-hybridized carbons (Fsp3) is 0.250. The molecule has 2 N–H and O–H groups in total. The van der Waals surface area contributed by atoms with Crippen molar-refractivity contribution >= 4 is 23.7 Å². The Kier molecular flexibility index (Phi) is 2.79. The lowest BCUT2D eigenvalue weighted by Gasteiger charge is -1.78. The number of rotatable bonds is 0. The van der Waals surface area contributed by atoms with E-state index in [1.165, 1.54) is 0 Å². The molecule has 0 saturated heterocycles. The summed E-state index contributed by atoms with van der Waals surface area (Å²) in [4.78, 5) is 4.17. The van der Waals surface area contributed by atoms with Gasteiger partial charge in [0.15, 0.2) is 0 Å². The highest BCUT2D eigenvalue weighted by Gasteiger charge is 1.96. The highest BCUT2D eigenvalue weighted by molar-refractivity contribution is 7.80. The third kappa shape index (κ3) is 1.88.